The third kappa shape index (κ3) is 6.65. The van der Waals surface area contributed by atoms with Crippen LogP contribution in [0, 0.1) is 17.8 Å². The van der Waals surface area contributed by atoms with E-state index in [-0.39, 0.29) is 23.2 Å². The highest BCUT2D eigenvalue weighted by Gasteiger charge is 2.44. The van der Waals surface area contributed by atoms with Crippen molar-refractivity contribution in [2.24, 2.45) is 22.1 Å². The van der Waals surface area contributed by atoms with Gasteiger partial charge in [0.25, 0.3) is 5.91 Å². The summed E-state index contributed by atoms with van der Waals surface area (Å²) in [5.74, 6) is 1.45. The molecule has 1 aromatic heterocycles. The topological polar surface area (TPSA) is 106 Å². The molecular formula is C36H42ClN5O4S. The van der Waals surface area contributed by atoms with Crippen LogP contribution in [-0.4, -0.2) is 59.0 Å². The summed E-state index contributed by atoms with van der Waals surface area (Å²) in [5, 5.41) is 8.71. The van der Waals surface area contributed by atoms with Gasteiger partial charge in [0.05, 0.1) is 24.2 Å². The third-order valence-corrected chi connectivity index (χ3v) is 12.6. The number of nitrogens with one attached hydrogen (secondary N) is 1. The van der Waals surface area contributed by atoms with Crippen LogP contribution >= 0.6 is 11.6 Å². The summed E-state index contributed by atoms with van der Waals surface area (Å²) in [5.41, 5.74) is 3.60. The van der Waals surface area contributed by atoms with Gasteiger partial charge in [-0.1, -0.05) is 36.7 Å². The van der Waals surface area contributed by atoms with E-state index in [0.717, 1.165) is 61.7 Å². The van der Waals surface area contributed by atoms with Gasteiger partial charge < -0.3 is 14.4 Å². The molecular weight excluding hydrogens is 634 g/mol. The van der Waals surface area contributed by atoms with Crippen LogP contribution in [0.5, 0.6) is 5.75 Å². The van der Waals surface area contributed by atoms with Crippen LogP contribution in [-0.2, 0) is 26.5 Å². The smallest absolute Gasteiger partial charge is 0.286 e. The maximum Gasteiger partial charge on any atom is 0.286 e. The summed E-state index contributed by atoms with van der Waals surface area (Å²) in [6.07, 6.45) is 11.8. The van der Waals surface area contributed by atoms with Gasteiger partial charge in [-0.3, -0.25) is 9.52 Å². The Morgan fingerprint density at radius 3 is 2.85 bits per heavy atom. The minimum atomic E-state index is -3.24. The summed E-state index contributed by atoms with van der Waals surface area (Å²) in [4.78, 5) is 16.3. The van der Waals surface area contributed by atoms with E-state index >= 15 is 0 Å². The van der Waals surface area contributed by atoms with Crippen LogP contribution in [0.3, 0.4) is 0 Å². The van der Waals surface area contributed by atoms with Crippen LogP contribution in [0.2, 0.25) is 5.02 Å². The molecule has 7 rings (SSSR count). The van der Waals surface area contributed by atoms with Crippen LogP contribution < -0.4 is 14.4 Å². The lowest BCUT2D eigenvalue weighted by atomic mass is 9.68. The Balaban J connectivity index is 1.32. The zero-order valence-corrected chi connectivity index (χ0v) is 28.5. The quantitative estimate of drug-likeness (QED) is 0.302. The molecule has 0 radical (unpaired) electrons. The lowest BCUT2D eigenvalue weighted by Crippen LogP contribution is -2.49. The molecule has 2 bridgehead atoms. The average molecular weight is 676 g/mol. The lowest BCUT2D eigenvalue weighted by Gasteiger charge is -2.46. The number of carbonyl (C=O) groups is 1. The van der Waals surface area contributed by atoms with E-state index in [1.807, 2.05) is 25.1 Å². The number of fused-ring (bicyclic) bond motifs is 4. The van der Waals surface area contributed by atoms with Crippen LogP contribution in [0.4, 0.5) is 11.5 Å². The standard InChI is InChI=1S/C36H42ClN5O4S/c1-24-6-3-8-32(45-2)29-13-10-27(29)20-42-22-36(16-4-7-25-18-28(37)12-14-30(25)36)23-46-33-15-11-26(19-31(33)42)35(43)41-47(44,21-24)40-34-9-5-17-38-39-34/h3,5,8-9,11-12,14-15,17-19,24,27,29,32H,4,6-7,10,13,16,20-23H2,1-2H3,(H,39,40,41,43,44)/b8-3-/t24-,27-,29+,32-,36-,47?/m0/s1. The molecule has 1 fully saturated rings. The zero-order chi connectivity index (χ0) is 32.6. The fourth-order valence-electron chi connectivity index (χ4n) is 7.89. The average Bonchev–Trinajstić information content (AvgIpc) is 3.19. The van der Waals surface area contributed by atoms with E-state index in [1.54, 1.807) is 31.5 Å². The number of allylic oxidation sites excluding steroid dienone is 1. The van der Waals surface area contributed by atoms with Crippen molar-refractivity contribution >= 4 is 38.9 Å². The maximum absolute atomic E-state index is 14.4. The van der Waals surface area contributed by atoms with Gasteiger partial charge in [0.15, 0.2) is 5.82 Å². The molecule has 1 amide bonds. The molecule has 248 valence electrons. The molecule has 2 aliphatic heterocycles. The number of aryl methyl sites for hydroxylation is 1. The van der Waals surface area contributed by atoms with Crippen molar-refractivity contribution in [3.05, 3.63) is 88.6 Å². The fourth-order valence-corrected chi connectivity index (χ4v) is 10.0. The number of hydrogen-bond donors (Lipinski definition) is 1. The predicted molar refractivity (Wildman–Crippen MR) is 186 cm³/mol. The highest BCUT2D eigenvalue weighted by atomic mass is 35.5. The summed E-state index contributed by atoms with van der Waals surface area (Å²) in [6, 6.07) is 15.1. The number of benzene rings is 2. The molecule has 2 aromatic carbocycles. The summed E-state index contributed by atoms with van der Waals surface area (Å²) >= 11 is 6.45. The van der Waals surface area contributed by atoms with E-state index in [9.17, 15) is 9.00 Å². The highest BCUT2D eigenvalue weighted by molar-refractivity contribution is 7.95. The van der Waals surface area contributed by atoms with Gasteiger partial charge in [0.1, 0.15) is 15.7 Å². The molecule has 11 heteroatoms. The van der Waals surface area contributed by atoms with Crippen molar-refractivity contribution in [3.63, 3.8) is 0 Å². The Bertz CT molecular complexity index is 1800. The van der Waals surface area contributed by atoms with Gasteiger partial charge in [-0.05, 0) is 110 Å². The molecule has 3 heterocycles. The Labute approximate surface area is 282 Å². The predicted octanol–water partition coefficient (Wildman–Crippen LogP) is 6.88. The molecule has 0 saturated heterocycles. The minimum Gasteiger partial charge on any atom is -0.490 e. The SMILES string of the molecule is CO[C@H]1/C=C\C[C@H](C)CS(=O)(Nc2cccnn2)=NC(=O)c2ccc3c(c2)N(C[C@@H]2CC[C@H]21)C[C@@]1(CCCc2cc(Cl)ccc21)CO3. The molecule has 1 saturated carbocycles. The molecule has 9 nitrogen and oxygen atoms in total. The van der Waals surface area contributed by atoms with E-state index in [0.29, 0.717) is 36.2 Å². The number of amides is 1. The van der Waals surface area contributed by atoms with Gasteiger partial charge in [-0.15, -0.1) is 9.46 Å². The van der Waals surface area contributed by atoms with Gasteiger partial charge >= 0.3 is 0 Å². The summed E-state index contributed by atoms with van der Waals surface area (Å²) in [7, 11) is -1.46. The highest BCUT2D eigenvalue weighted by Crippen LogP contribution is 2.47. The lowest BCUT2D eigenvalue weighted by molar-refractivity contribution is 0.0131. The van der Waals surface area contributed by atoms with Crippen molar-refractivity contribution in [2.45, 2.75) is 57.0 Å². The maximum atomic E-state index is 14.4. The monoisotopic (exact) mass is 675 g/mol. The van der Waals surface area contributed by atoms with E-state index in [4.69, 9.17) is 21.1 Å². The van der Waals surface area contributed by atoms with E-state index in [1.165, 1.54) is 11.1 Å². The number of nitrogens with zero attached hydrogens (tertiary/aromatic N) is 4. The number of ether oxygens (including phenoxy) is 2. The van der Waals surface area contributed by atoms with Gasteiger partial charge in [-0.2, -0.15) is 5.10 Å². The van der Waals surface area contributed by atoms with Crippen LogP contribution in [0.1, 0.15) is 60.5 Å². The summed E-state index contributed by atoms with van der Waals surface area (Å²) in [6.45, 7) is 4.12. The number of methoxy groups -OCH3 is 1. The second-order valence-corrected chi connectivity index (χ2v) is 16.1. The molecule has 1 N–H and O–H groups in total. The first-order valence-electron chi connectivity index (χ1n) is 16.6. The number of carbonyl (C=O) groups excluding carboxylic acids is 1. The number of hydrogen-bond acceptors (Lipinski definition) is 7. The van der Waals surface area contributed by atoms with Crippen molar-refractivity contribution < 1.29 is 18.5 Å². The number of halogens is 1. The van der Waals surface area contributed by atoms with Crippen molar-refractivity contribution in [1.82, 2.24) is 10.2 Å². The van der Waals surface area contributed by atoms with Crippen molar-refractivity contribution in [3.8, 4) is 5.75 Å². The van der Waals surface area contributed by atoms with Crippen molar-refractivity contribution in [1.29, 1.82) is 0 Å². The van der Waals surface area contributed by atoms with Crippen LogP contribution in [0.15, 0.2) is 71.2 Å². The Morgan fingerprint density at radius 2 is 2.06 bits per heavy atom. The second kappa shape index (κ2) is 13.2. The van der Waals surface area contributed by atoms with E-state index in [2.05, 4.69) is 48.5 Å². The molecule has 1 unspecified atom stereocenters. The molecule has 4 aliphatic rings. The normalized spacial score (nSPS) is 31.3. The molecule has 1 spiro atoms. The Morgan fingerprint density at radius 1 is 1.17 bits per heavy atom. The molecule has 6 atom stereocenters. The van der Waals surface area contributed by atoms with Gasteiger partial charge in [0, 0.05) is 42.4 Å². The zero-order valence-electron chi connectivity index (χ0n) is 26.9. The van der Waals surface area contributed by atoms with Crippen LogP contribution in [0.25, 0.3) is 0 Å². The van der Waals surface area contributed by atoms with E-state index < -0.39 is 15.8 Å². The van der Waals surface area contributed by atoms with Crippen molar-refractivity contribution in [2.75, 3.05) is 42.2 Å². The first-order valence-corrected chi connectivity index (χ1v) is 18.7. The molecule has 2 aliphatic carbocycles. The Kier molecular flexibility index (Phi) is 9.02. The first kappa shape index (κ1) is 32.1. The summed E-state index contributed by atoms with van der Waals surface area (Å²) < 4.78 is 34.4. The second-order valence-electron chi connectivity index (χ2n) is 13.7. The minimum absolute atomic E-state index is 0.0114. The van der Waals surface area contributed by atoms with Gasteiger partial charge in [0.2, 0.25) is 0 Å². The Hall–Kier alpha value is -3.47. The number of aromatic nitrogens is 2. The fraction of sp³-hybridized carbons (Fsp3) is 0.472. The molecule has 47 heavy (non-hydrogen) atoms. The molecule has 3 aromatic rings. The largest absolute Gasteiger partial charge is 0.490 e. The number of anilines is 2. The van der Waals surface area contributed by atoms with Gasteiger partial charge in [-0.25, -0.2) is 4.21 Å². The number of rotatable bonds is 3. The first-order chi connectivity index (χ1) is 22.7. The third-order valence-electron chi connectivity index (χ3n) is 10.4.